The molecule has 3 rings (SSSR count). The van der Waals surface area contributed by atoms with Gasteiger partial charge >= 0.3 is 0 Å². The first-order valence-electron chi connectivity index (χ1n) is 4.19. The summed E-state index contributed by atoms with van der Waals surface area (Å²) in [5.41, 5.74) is 2.48. The predicted molar refractivity (Wildman–Crippen MR) is 50.4 cm³/mol. The highest BCUT2D eigenvalue weighted by Gasteiger charge is 2.07. The van der Waals surface area contributed by atoms with Gasteiger partial charge in [-0.3, -0.25) is 0 Å². The Kier molecular flexibility index (Phi) is 1.41. The van der Waals surface area contributed by atoms with Crippen LogP contribution in [0, 0.1) is 6.33 Å². The Labute approximate surface area is 79.6 Å². The molecule has 3 aromatic heterocycles. The van der Waals surface area contributed by atoms with Gasteiger partial charge in [0, 0.05) is 23.3 Å². The minimum Gasteiger partial charge on any atom is -0.446 e. The molecule has 0 aromatic carbocycles. The van der Waals surface area contributed by atoms with E-state index in [9.17, 15) is 0 Å². The predicted octanol–water partition coefficient (Wildman–Crippen LogP) is 2.02. The molecule has 0 aliphatic carbocycles. The van der Waals surface area contributed by atoms with E-state index in [1.807, 2.05) is 12.1 Å². The summed E-state index contributed by atoms with van der Waals surface area (Å²) in [6.07, 6.45) is 7.78. The average molecular weight is 184 g/mol. The molecule has 1 radical (unpaired) electrons. The van der Waals surface area contributed by atoms with Crippen LogP contribution in [0.5, 0.6) is 0 Å². The molecule has 4 heteroatoms. The number of nitrogens with zero attached hydrogens (tertiary/aromatic N) is 2. The van der Waals surface area contributed by atoms with Gasteiger partial charge in [0.2, 0.25) is 5.71 Å². The summed E-state index contributed by atoms with van der Waals surface area (Å²) in [4.78, 5) is 11.0. The molecule has 0 fully saturated rings. The van der Waals surface area contributed by atoms with E-state index >= 15 is 0 Å². The summed E-state index contributed by atoms with van der Waals surface area (Å²) in [6, 6.07) is 3.79. The van der Waals surface area contributed by atoms with Crippen molar-refractivity contribution in [1.29, 1.82) is 0 Å². The largest absolute Gasteiger partial charge is 0.446 e. The number of pyridine rings is 1. The third kappa shape index (κ3) is 0.939. The maximum Gasteiger partial charge on any atom is 0.226 e. The third-order valence-electron chi connectivity index (χ3n) is 2.09. The van der Waals surface area contributed by atoms with E-state index in [0.717, 1.165) is 16.6 Å². The van der Waals surface area contributed by atoms with Gasteiger partial charge in [0.05, 0.1) is 12.0 Å². The fourth-order valence-corrected chi connectivity index (χ4v) is 1.46. The van der Waals surface area contributed by atoms with Crippen LogP contribution in [0.3, 0.4) is 0 Å². The maximum absolute atomic E-state index is 5.20. The molecule has 4 nitrogen and oxygen atoms in total. The van der Waals surface area contributed by atoms with Gasteiger partial charge in [0.15, 0.2) is 6.33 Å². The summed E-state index contributed by atoms with van der Waals surface area (Å²) in [5.74, 6) is 0. The molecule has 14 heavy (non-hydrogen) atoms. The van der Waals surface area contributed by atoms with Crippen molar-refractivity contribution in [1.82, 2.24) is 15.0 Å². The third-order valence-corrected chi connectivity index (χ3v) is 2.09. The summed E-state index contributed by atoms with van der Waals surface area (Å²) < 4.78 is 5.20. The molecule has 0 atom stereocenters. The smallest absolute Gasteiger partial charge is 0.226 e. The molecule has 0 aliphatic rings. The average Bonchev–Trinajstić information content (AvgIpc) is 2.88. The number of H-pyrrole nitrogens is 1. The number of hydrogen-bond acceptors (Lipinski definition) is 3. The lowest BCUT2D eigenvalue weighted by Gasteiger charge is -1.96. The van der Waals surface area contributed by atoms with Crippen LogP contribution in [0.4, 0.5) is 0 Å². The van der Waals surface area contributed by atoms with Crippen LogP contribution in [0.2, 0.25) is 0 Å². The zero-order valence-electron chi connectivity index (χ0n) is 7.19. The van der Waals surface area contributed by atoms with E-state index in [-0.39, 0.29) is 0 Å². The molecule has 0 amide bonds. The molecule has 0 aliphatic heterocycles. The molecule has 0 saturated carbocycles. The molecular weight excluding hydrogens is 178 g/mol. The standard InChI is InChI=1S/C10H6N3O/c1-3-12-10-8(2-4-14-10)7(1)9-5-11-6-13-9/h1-5H,(H,11,13). The number of aromatic amines is 1. The van der Waals surface area contributed by atoms with Gasteiger partial charge < -0.3 is 9.40 Å². The van der Waals surface area contributed by atoms with Crippen molar-refractivity contribution >= 4 is 11.1 Å². The van der Waals surface area contributed by atoms with Crippen molar-refractivity contribution in [2.24, 2.45) is 0 Å². The van der Waals surface area contributed by atoms with Crippen LogP contribution in [0.1, 0.15) is 0 Å². The number of rotatable bonds is 1. The van der Waals surface area contributed by atoms with Crippen LogP contribution in [0.15, 0.2) is 35.2 Å². The van der Waals surface area contributed by atoms with E-state index in [1.165, 1.54) is 0 Å². The van der Waals surface area contributed by atoms with E-state index < -0.39 is 0 Å². The monoisotopic (exact) mass is 184 g/mol. The van der Waals surface area contributed by atoms with Crippen LogP contribution >= 0.6 is 0 Å². The van der Waals surface area contributed by atoms with E-state index in [1.54, 1.807) is 18.7 Å². The Morgan fingerprint density at radius 2 is 2.36 bits per heavy atom. The van der Waals surface area contributed by atoms with E-state index in [2.05, 4.69) is 21.3 Å². The number of nitrogens with one attached hydrogen (secondary N) is 1. The van der Waals surface area contributed by atoms with E-state index in [0.29, 0.717) is 5.71 Å². The van der Waals surface area contributed by atoms with E-state index in [4.69, 9.17) is 4.42 Å². The first kappa shape index (κ1) is 7.32. The van der Waals surface area contributed by atoms with Crippen molar-refractivity contribution < 1.29 is 4.42 Å². The Bertz CT molecular complexity index is 554. The molecule has 0 bridgehead atoms. The molecular formula is C10H6N3O. The minimum absolute atomic E-state index is 0.630. The normalized spacial score (nSPS) is 10.9. The van der Waals surface area contributed by atoms with Crippen LogP contribution in [-0.2, 0) is 0 Å². The summed E-state index contributed by atoms with van der Waals surface area (Å²) >= 11 is 0. The molecule has 0 spiro atoms. The second-order valence-corrected chi connectivity index (χ2v) is 2.90. The molecule has 3 aromatic rings. The van der Waals surface area contributed by atoms with Crippen molar-refractivity contribution in [3.05, 3.63) is 37.1 Å². The lowest BCUT2D eigenvalue weighted by Crippen LogP contribution is -1.80. The minimum atomic E-state index is 0.630. The van der Waals surface area contributed by atoms with Gasteiger partial charge in [0.25, 0.3) is 0 Å². The second-order valence-electron chi connectivity index (χ2n) is 2.90. The highest BCUT2D eigenvalue weighted by atomic mass is 16.3. The zero-order valence-corrected chi connectivity index (χ0v) is 7.19. The first-order valence-corrected chi connectivity index (χ1v) is 4.19. The Morgan fingerprint density at radius 1 is 1.36 bits per heavy atom. The van der Waals surface area contributed by atoms with Gasteiger partial charge in [-0.1, -0.05) is 0 Å². The highest BCUT2D eigenvalue weighted by Crippen LogP contribution is 2.25. The van der Waals surface area contributed by atoms with Crippen molar-refractivity contribution in [3.8, 4) is 11.3 Å². The summed E-state index contributed by atoms with van der Waals surface area (Å²) in [5, 5.41) is 0.966. The Balaban J connectivity index is 2.36. The molecule has 67 valence electrons. The molecule has 0 saturated heterocycles. The maximum atomic E-state index is 5.20. The summed E-state index contributed by atoms with van der Waals surface area (Å²) in [6.45, 7) is 0. The van der Waals surface area contributed by atoms with Gasteiger partial charge in [-0.2, -0.15) is 0 Å². The number of hydrogen-bond donors (Lipinski definition) is 1. The lowest BCUT2D eigenvalue weighted by atomic mass is 10.1. The fourth-order valence-electron chi connectivity index (χ4n) is 1.46. The van der Waals surface area contributed by atoms with Crippen molar-refractivity contribution in [2.75, 3.05) is 0 Å². The molecule has 3 heterocycles. The number of furan rings is 1. The second kappa shape index (κ2) is 2.70. The lowest BCUT2D eigenvalue weighted by molar-refractivity contribution is 0.603. The fraction of sp³-hybridized carbons (Fsp3) is 0. The highest BCUT2D eigenvalue weighted by molar-refractivity contribution is 5.90. The first-order chi connectivity index (χ1) is 6.95. The van der Waals surface area contributed by atoms with Gasteiger partial charge in [0.1, 0.15) is 0 Å². The van der Waals surface area contributed by atoms with Crippen molar-refractivity contribution in [2.45, 2.75) is 0 Å². The molecule has 1 N–H and O–H groups in total. The van der Waals surface area contributed by atoms with Gasteiger partial charge in [-0.25, -0.2) is 9.97 Å². The molecule has 0 unspecified atom stereocenters. The van der Waals surface area contributed by atoms with Gasteiger partial charge in [-0.05, 0) is 12.1 Å². The van der Waals surface area contributed by atoms with Crippen LogP contribution in [-0.4, -0.2) is 15.0 Å². The Hall–Kier alpha value is -2.10. The van der Waals surface area contributed by atoms with Gasteiger partial charge in [-0.15, -0.1) is 0 Å². The number of aromatic nitrogens is 3. The number of fused-ring (bicyclic) bond motifs is 1. The Morgan fingerprint density at radius 3 is 3.21 bits per heavy atom. The quantitative estimate of drug-likeness (QED) is 0.629. The van der Waals surface area contributed by atoms with Crippen LogP contribution in [0.25, 0.3) is 22.4 Å². The SMILES string of the molecule is [c]1nc(-c2ccnc3occc23)c[nH]1. The van der Waals surface area contributed by atoms with Crippen LogP contribution < -0.4 is 0 Å². The zero-order chi connectivity index (χ0) is 9.38. The van der Waals surface area contributed by atoms with Crippen molar-refractivity contribution in [3.63, 3.8) is 0 Å². The topological polar surface area (TPSA) is 54.7 Å². The number of imidazole rings is 1. The summed E-state index contributed by atoms with van der Waals surface area (Å²) in [7, 11) is 0.